The van der Waals surface area contributed by atoms with Crippen molar-refractivity contribution in [2.24, 2.45) is 0 Å². The lowest BCUT2D eigenvalue weighted by Crippen LogP contribution is -2.24. The van der Waals surface area contributed by atoms with Crippen LogP contribution in [-0.2, 0) is 6.54 Å². The summed E-state index contributed by atoms with van der Waals surface area (Å²) in [6.45, 7) is 4.29. The topological polar surface area (TPSA) is 103 Å². The molecule has 0 saturated carbocycles. The number of aryl methyl sites for hydroxylation is 2. The second-order valence-electron chi connectivity index (χ2n) is 6.28. The van der Waals surface area contributed by atoms with Crippen LogP contribution in [0.15, 0.2) is 48.8 Å². The van der Waals surface area contributed by atoms with Crippen LogP contribution in [0.5, 0.6) is 5.75 Å². The standard InChI is InChI=1S/C19H20N4O4/c1-13-4-3-5-14(2)18(13)27-11-17(24)10-22-12-20-19(21-22)15-6-8-16(9-7-15)23(25)26/h3-9,12,17,24H,10-11H2,1-2H3/t17-/m0/s1. The molecule has 0 fully saturated rings. The smallest absolute Gasteiger partial charge is 0.269 e. The van der Waals surface area contributed by atoms with E-state index < -0.39 is 11.0 Å². The molecule has 0 aliphatic heterocycles. The van der Waals surface area contributed by atoms with Crippen LogP contribution in [0, 0.1) is 24.0 Å². The van der Waals surface area contributed by atoms with E-state index in [2.05, 4.69) is 10.1 Å². The molecule has 0 aliphatic rings. The Kier molecular flexibility index (Phi) is 5.46. The quantitative estimate of drug-likeness (QED) is 0.508. The van der Waals surface area contributed by atoms with Crippen LogP contribution in [0.1, 0.15) is 11.1 Å². The Balaban J connectivity index is 1.61. The van der Waals surface area contributed by atoms with Gasteiger partial charge in [0.25, 0.3) is 5.69 Å². The van der Waals surface area contributed by atoms with Crippen molar-refractivity contribution in [2.45, 2.75) is 26.5 Å². The predicted octanol–water partition coefficient (Wildman–Crippen LogP) is 2.91. The number of hydrogen-bond donors (Lipinski definition) is 1. The number of para-hydroxylation sites is 1. The first-order valence-electron chi connectivity index (χ1n) is 8.45. The summed E-state index contributed by atoms with van der Waals surface area (Å²) in [5.74, 6) is 1.22. The normalized spacial score (nSPS) is 12.0. The van der Waals surface area contributed by atoms with E-state index in [0.717, 1.165) is 16.9 Å². The minimum absolute atomic E-state index is 0.0113. The summed E-state index contributed by atoms with van der Waals surface area (Å²) >= 11 is 0. The van der Waals surface area contributed by atoms with E-state index in [-0.39, 0.29) is 18.8 Å². The van der Waals surface area contributed by atoms with Gasteiger partial charge in [-0.2, -0.15) is 5.10 Å². The zero-order valence-corrected chi connectivity index (χ0v) is 15.1. The van der Waals surface area contributed by atoms with Crippen LogP contribution in [0.4, 0.5) is 5.69 Å². The van der Waals surface area contributed by atoms with Gasteiger partial charge >= 0.3 is 0 Å². The predicted molar refractivity (Wildman–Crippen MR) is 99.5 cm³/mol. The average molecular weight is 368 g/mol. The minimum atomic E-state index is -0.754. The zero-order chi connectivity index (χ0) is 19.4. The van der Waals surface area contributed by atoms with Crippen molar-refractivity contribution >= 4 is 5.69 Å². The van der Waals surface area contributed by atoms with Crippen molar-refractivity contribution in [2.75, 3.05) is 6.61 Å². The molecule has 1 aromatic heterocycles. The molecule has 0 amide bonds. The van der Waals surface area contributed by atoms with Crippen molar-refractivity contribution in [3.63, 3.8) is 0 Å². The van der Waals surface area contributed by atoms with Crippen LogP contribution < -0.4 is 4.74 Å². The number of ether oxygens (including phenoxy) is 1. The molecule has 1 heterocycles. The number of aromatic nitrogens is 3. The highest BCUT2D eigenvalue weighted by Gasteiger charge is 2.12. The second-order valence-corrected chi connectivity index (χ2v) is 6.28. The fraction of sp³-hybridized carbons (Fsp3) is 0.263. The van der Waals surface area contributed by atoms with E-state index in [0.29, 0.717) is 11.4 Å². The Labute approximate surface area is 156 Å². The number of nitro groups is 1. The van der Waals surface area contributed by atoms with Gasteiger partial charge in [0.1, 0.15) is 24.8 Å². The minimum Gasteiger partial charge on any atom is -0.490 e. The van der Waals surface area contributed by atoms with Gasteiger partial charge in [0.15, 0.2) is 5.82 Å². The Hall–Kier alpha value is -3.26. The molecule has 0 unspecified atom stereocenters. The second kappa shape index (κ2) is 7.96. The molecule has 1 N–H and O–H groups in total. The fourth-order valence-electron chi connectivity index (χ4n) is 2.72. The summed E-state index contributed by atoms with van der Waals surface area (Å²) in [5, 5.41) is 25.3. The van der Waals surface area contributed by atoms with Crippen molar-refractivity contribution in [1.29, 1.82) is 0 Å². The lowest BCUT2D eigenvalue weighted by Gasteiger charge is -2.15. The van der Waals surface area contributed by atoms with Crippen molar-refractivity contribution in [3.8, 4) is 17.1 Å². The van der Waals surface area contributed by atoms with E-state index in [1.807, 2.05) is 32.0 Å². The van der Waals surface area contributed by atoms with E-state index >= 15 is 0 Å². The van der Waals surface area contributed by atoms with Gasteiger partial charge in [-0.1, -0.05) is 18.2 Å². The summed E-state index contributed by atoms with van der Waals surface area (Å²) in [4.78, 5) is 14.4. The zero-order valence-electron chi connectivity index (χ0n) is 15.1. The molecular formula is C19H20N4O4. The fourth-order valence-corrected chi connectivity index (χ4v) is 2.72. The summed E-state index contributed by atoms with van der Waals surface area (Å²) in [7, 11) is 0. The molecule has 0 spiro atoms. The summed E-state index contributed by atoms with van der Waals surface area (Å²) in [6.07, 6.45) is 0.759. The number of nitrogens with zero attached hydrogens (tertiary/aromatic N) is 4. The van der Waals surface area contributed by atoms with E-state index in [1.165, 1.54) is 23.1 Å². The Morgan fingerprint density at radius 3 is 2.48 bits per heavy atom. The number of hydrogen-bond acceptors (Lipinski definition) is 6. The largest absolute Gasteiger partial charge is 0.490 e. The molecule has 8 nitrogen and oxygen atoms in total. The maximum Gasteiger partial charge on any atom is 0.269 e. The molecule has 0 radical (unpaired) electrons. The average Bonchev–Trinajstić information content (AvgIpc) is 3.09. The monoisotopic (exact) mass is 368 g/mol. The Morgan fingerprint density at radius 2 is 1.85 bits per heavy atom. The lowest BCUT2D eigenvalue weighted by atomic mass is 10.1. The summed E-state index contributed by atoms with van der Waals surface area (Å²) in [6, 6.07) is 11.9. The highest BCUT2D eigenvalue weighted by Crippen LogP contribution is 2.22. The molecule has 3 aromatic rings. The van der Waals surface area contributed by atoms with Gasteiger partial charge in [-0.05, 0) is 37.1 Å². The van der Waals surface area contributed by atoms with Gasteiger partial charge in [-0.25, -0.2) is 9.67 Å². The van der Waals surface area contributed by atoms with Gasteiger partial charge in [-0.3, -0.25) is 10.1 Å². The highest BCUT2D eigenvalue weighted by molar-refractivity contribution is 5.56. The van der Waals surface area contributed by atoms with Gasteiger partial charge in [0, 0.05) is 17.7 Å². The van der Waals surface area contributed by atoms with E-state index in [9.17, 15) is 15.2 Å². The van der Waals surface area contributed by atoms with Crippen molar-refractivity contribution in [3.05, 3.63) is 70.0 Å². The van der Waals surface area contributed by atoms with Crippen LogP contribution in [0.3, 0.4) is 0 Å². The molecule has 1 atom stereocenters. The van der Waals surface area contributed by atoms with Gasteiger partial charge < -0.3 is 9.84 Å². The Bertz CT molecular complexity index is 917. The number of non-ortho nitro benzene ring substituents is 1. The van der Waals surface area contributed by atoms with Crippen LogP contribution in [-0.4, -0.2) is 37.5 Å². The first-order chi connectivity index (χ1) is 12.9. The number of aliphatic hydroxyl groups excluding tert-OH is 1. The first kappa shape index (κ1) is 18.5. The lowest BCUT2D eigenvalue weighted by molar-refractivity contribution is -0.384. The molecule has 0 aliphatic carbocycles. The molecule has 0 bridgehead atoms. The molecule has 27 heavy (non-hydrogen) atoms. The molecule has 140 valence electrons. The maximum absolute atomic E-state index is 10.7. The number of rotatable bonds is 7. The van der Waals surface area contributed by atoms with Crippen LogP contribution in [0.2, 0.25) is 0 Å². The molecule has 8 heteroatoms. The van der Waals surface area contributed by atoms with Gasteiger partial charge in [-0.15, -0.1) is 0 Å². The third-order valence-electron chi connectivity index (χ3n) is 4.10. The molecule has 0 saturated heterocycles. The first-order valence-corrected chi connectivity index (χ1v) is 8.45. The molecule has 2 aromatic carbocycles. The van der Waals surface area contributed by atoms with Crippen molar-refractivity contribution < 1.29 is 14.8 Å². The maximum atomic E-state index is 10.7. The third kappa shape index (κ3) is 4.48. The SMILES string of the molecule is Cc1cccc(C)c1OC[C@@H](O)Cn1cnc(-c2ccc([N+](=O)[O-])cc2)n1. The Morgan fingerprint density at radius 1 is 1.19 bits per heavy atom. The van der Waals surface area contributed by atoms with Gasteiger partial charge in [0.05, 0.1) is 11.5 Å². The van der Waals surface area contributed by atoms with Crippen molar-refractivity contribution in [1.82, 2.24) is 14.8 Å². The number of aliphatic hydroxyl groups is 1. The van der Waals surface area contributed by atoms with E-state index in [4.69, 9.17) is 4.74 Å². The summed E-state index contributed by atoms with van der Waals surface area (Å²) < 4.78 is 7.28. The highest BCUT2D eigenvalue weighted by atomic mass is 16.6. The number of benzene rings is 2. The number of nitro benzene ring substituents is 1. The summed E-state index contributed by atoms with van der Waals surface area (Å²) in [5.41, 5.74) is 2.71. The van der Waals surface area contributed by atoms with Crippen LogP contribution in [0.25, 0.3) is 11.4 Å². The van der Waals surface area contributed by atoms with E-state index in [1.54, 1.807) is 12.1 Å². The third-order valence-corrected chi connectivity index (χ3v) is 4.10. The van der Waals surface area contributed by atoms with Gasteiger partial charge in [0.2, 0.25) is 0 Å². The molecular weight excluding hydrogens is 348 g/mol. The van der Waals surface area contributed by atoms with Crippen LogP contribution >= 0.6 is 0 Å². The molecule has 3 rings (SSSR count).